The summed E-state index contributed by atoms with van der Waals surface area (Å²) in [6.07, 6.45) is 1.55. The van der Waals surface area contributed by atoms with Crippen molar-refractivity contribution in [3.63, 3.8) is 0 Å². The predicted octanol–water partition coefficient (Wildman–Crippen LogP) is 1.47. The number of carbonyl (C=O) groups excluding carboxylic acids is 1. The number of aryl methyl sites for hydroxylation is 1. The van der Waals surface area contributed by atoms with E-state index < -0.39 is 0 Å². The molecule has 1 amide bonds. The fraction of sp³-hybridized carbons (Fsp3) is 0.714. The van der Waals surface area contributed by atoms with Crippen molar-refractivity contribution in [3.05, 3.63) is 17.5 Å². The van der Waals surface area contributed by atoms with Crippen LogP contribution in [0.25, 0.3) is 0 Å². The third-order valence-corrected chi connectivity index (χ3v) is 3.60. The topological polar surface area (TPSA) is 61.6 Å². The standard InChI is InChI=1S/C14H24N4O2.2ClH/c1-12-10-13(20-16-12)11-17-6-8-18(9-7-17)14(19)4-3-5-15-2;;/h10,15H,3-9,11H2,1-2H3;2*1H. The molecule has 0 unspecified atom stereocenters. The molecule has 1 saturated heterocycles. The molecule has 1 N–H and O–H groups in total. The highest BCUT2D eigenvalue weighted by Crippen LogP contribution is 2.10. The normalized spacial score (nSPS) is 15.1. The van der Waals surface area contributed by atoms with Gasteiger partial charge in [-0.1, -0.05) is 5.16 Å². The van der Waals surface area contributed by atoms with Gasteiger partial charge in [-0.15, -0.1) is 24.8 Å². The van der Waals surface area contributed by atoms with Crippen LogP contribution in [0.1, 0.15) is 24.3 Å². The van der Waals surface area contributed by atoms with Crippen molar-refractivity contribution in [2.45, 2.75) is 26.3 Å². The van der Waals surface area contributed by atoms with E-state index in [1.165, 1.54) is 0 Å². The largest absolute Gasteiger partial charge is 0.360 e. The fourth-order valence-electron chi connectivity index (χ4n) is 2.44. The molecular formula is C14H26Cl2N4O2. The maximum Gasteiger partial charge on any atom is 0.222 e. The van der Waals surface area contributed by atoms with E-state index in [9.17, 15) is 4.79 Å². The van der Waals surface area contributed by atoms with Crippen molar-refractivity contribution >= 4 is 30.7 Å². The van der Waals surface area contributed by atoms with Crippen LogP contribution >= 0.6 is 24.8 Å². The monoisotopic (exact) mass is 352 g/mol. The minimum atomic E-state index is 0. The van der Waals surface area contributed by atoms with Crippen LogP contribution in [-0.4, -0.2) is 60.6 Å². The number of hydrogen-bond acceptors (Lipinski definition) is 5. The molecule has 0 atom stereocenters. The summed E-state index contributed by atoms with van der Waals surface area (Å²) in [5.41, 5.74) is 0.915. The van der Waals surface area contributed by atoms with Gasteiger partial charge < -0.3 is 14.7 Å². The first-order chi connectivity index (χ1) is 9.69. The Hall–Kier alpha value is -0.820. The maximum absolute atomic E-state index is 12.0. The van der Waals surface area contributed by atoms with Gasteiger partial charge in [0.25, 0.3) is 0 Å². The number of rotatable bonds is 6. The predicted molar refractivity (Wildman–Crippen MR) is 90.8 cm³/mol. The summed E-state index contributed by atoms with van der Waals surface area (Å²) in [6.45, 7) is 7.03. The number of halogens is 2. The van der Waals surface area contributed by atoms with E-state index in [1.54, 1.807) is 0 Å². The Kier molecular flexibility index (Phi) is 10.4. The van der Waals surface area contributed by atoms with Crippen molar-refractivity contribution in [1.82, 2.24) is 20.3 Å². The first-order valence-corrected chi connectivity index (χ1v) is 7.26. The number of hydrogen-bond donors (Lipinski definition) is 1. The number of nitrogens with zero attached hydrogens (tertiary/aromatic N) is 3. The van der Waals surface area contributed by atoms with E-state index in [1.807, 2.05) is 24.9 Å². The van der Waals surface area contributed by atoms with Gasteiger partial charge in [0.2, 0.25) is 5.91 Å². The number of amides is 1. The van der Waals surface area contributed by atoms with Gasteiger partial charge in [0.1, 0.15) is 0 Å². The average molecular weight is 353 g/mol. The number of piperazine rings is 1. The van der Waals surface area contributed by atoms with Gasteiger partial charge >= 0.3 is 0 Å². The lowest BCUT2D eigenvalue weighted by molar-refractivity contribution is -0.133. The highest BCUT2D eigenvalue weighted by molar-refractivity contribution is 5.85. The van der Waals surface area contributed by atoms with Gasteiger partial charge in [-0.25, -0.2) is 0 Å². The number of carbonyl (C=O) groups is 1. The van der Waals surface area contributed by atoms with Crippen molar-refractivity contribution in [2.75, 3.05) is 39.8 Å². The lowest BCUT2D eigenvalue weighted by Crippen LogP contribution is -2.48. The molecule has 0 saturated carbocycles. The summed E-state index contributed by atoms with van der Waals surface area (Å²) >= 11 is 0. The summed E-state index contributed by atoms with van der Waals surface area (Å²) in [5.74, 6) is 1.17. The first kappa shape index (κ1) is 21.2. The summed E-state index contributed by atoms with van der Waals surface area (Å²) in [7, 11) is 1.91. The lowest BCUT2D eigenvalue weighted by atomic mass is 10.2. The van der Waals surface area contributed by atoms with Gasteiger partial charge in [0.15, 0.2) is 5.76 Å². The molecule has 1 aliphatic rings. The Labute approximate surface area is 144 Å². The zero-order valence-corrected chi connectivity index (χ0v) is 14.8. The molecule has 2 heterocycles. The van der Waals surface area contributed by atoms with Gasteiger partial charge in [0.05, 0.1) is 12.2 Å². The highest BCUT2D eigenvalue weighted by atomic mass is 35.5. The van der Waals surface area contributed by atoms with Gasteiger partial charge in [-0.05, 0) is 26.9 Å². The third kappa shape index (κ3) is 6.52. The summed E-state index contributed by atoms with van der Waals surface area (Å²) in [4.78, 5) is 16.3. The molecule has 1 fully saturated rings. The molecule has 128 valence electrons. The molecule has 1 aromatic rings. The fourth-order valence-corrected chi connectivity index (χ4v) is 2.44. The quantitative estimate of drug-likeness (QED) is 0.785. The van der Waals surface area contributed by atoms with Crippen LogP contribution in [0, 0.1) is 6.92 Å². The molecule has 22 heavy (non-hydrogen) atoms. The van der Waals surface area contributed by atoms with Crippen LogP contribution in [0.5, 0.6) is 0 Å². The van der Waals surface area contributed by atoms with E-state index in [-0.39, 0.29) is 30.7 Å². The minimum absolute atomic E-state index is 0. The summed E-state index contributed by atoms with van der Waals surface area (Å²) < 4.78 is 5.23. The lowest BCUT2D eigenvalue weighted by Gasteiger charge is -2.34. The number of nitrogens with one attached hydrogen (secondary N) is 1. The zero-order valence-electron chi connectivity index (χ0n) is 13.2. The number of aromatic nitrogens is 1. The third-order valence-electron chi connectivity index (χ3n) is 3.60. The van der Waals surface area contributed by atoms with Crippen molar-refractivity contribution in [3.8, 4) is 0 Å². The molecule has 0 aromatic carbocycles. The molecular weight excluding hydrogens is 327 g/mol. The Balaban J connectivity index is 0.00000220. The molecule has 0 bridgehead atoms. The minimum Gasteiger partial charge on any atom is -0.360 e. The molecule has 0 radical (unpaired) electrons. The van der Waals surface area contributed by atoms with E-state index in [0.717, 1.165) is 57.1 Å². The van der Waals surface area contributed by atoms with Gasteiger partial charge in [-0.2, -0.15) is 0 Å². The summed E-state index contributed by atoms with van der Waals surface area (Å²) in [5, 5.41) is 6.96. The molecule has 6 nitrogen and oxygen atoms in total. The smallest absolute Gasteiger partial charge is 0.222 e. The van der Waals surface area contributed by atoms with Crippen LogP contribution in [-0.2, 0) is 11.3 Å². The zero-order chi connectivity index (χ0) is 14.4. The molecule has 1 aromatic heterocycles. The van der Waals surface area contributed by atoms with Crippen LogP contribution in [0.15, 0.2) is 10.6 Å². The van der Waals surface area contributed by atoms with Gasteiger partial charge in [0, 0.05) is 38.7 Å². The van der Waals surface area contributed by atoms with E-state index in [0.29, 0.717) is 6.42 Å². The van der Waals surface area contributed by atoms with Crippen LogP contribution < -0.4 is 5.32 Å². The SMILES string of the molecule is CNCCCC(=O)N1CCN(Cc2cc(C)no2)CC1.Cl.Cl. The first-order valence-electron chi connectivity index (χ1n) is 7.26. The van der Waals surface area contributed by atoms with Crippen molar-refractivity contribution in [1.29, 1.82) is 0 Å². The second-order valence-electron chi connectivity index (χ2n) is 5.30. The molecule has 2 rings (SSSR count). The van der Waals surface area contributed by atoms with Crippen molar-refractivity contribution in [2.24, 2.45) is 0 Å². The highest BCUT2D eigenvalue weighted by Gasteiger charge is 2.21. The Morgan fingerprint density at radius 3 is 2.55 bits per heavy atom. The van der Waals surface area contributed by atoms with Gasteiger partial charge in [-0.3, -0.25) is 9.69 Å². The molecule has 0 aliphatic carbocycles. The maximum atomic E-state index is 12.0. The molecule has 8 heteroatoms. The average Bonchev–Trinajstić information content (AvgIpc) is 2.85. The molecule has 1 aliphatic heterocycles. The second kappa shape index (κ2) is 10.8. The van der Waals surface area contributed by atoms with Crippen LogP contribution in [0.4, 0.5) is 0 Å². The van der Waals surface area contributed by atoms with Crippen LogP contribution in [0.3, 0.4) is 0 Å². The Morgan fingerprint density at radius 1 is 1.32 bits per heavy atom. The molecule has 0 spiro atoms. The van der Waals surface area contributed by atoms with E-state index in [4.69, 9.17) is 4.52 Å². The Bertz CT molecular complexity index is 434. The summed E-state index contributed by atoms with van der Waals surface area (Å²) in [6, 6.07) is 1.97. The second-order valence-corrected chi connectivity index (χ2v) is 5.30. The van der Waals surface area contributed by atoms with Crippen LogP contribution in [0.2, 0.25) is 0 Å². The van der Waals surface area contributed by atoms with Crippen molar-refractivity contribution < 1.29 is 9.32 Å². The van der Waals surface area contributed by atoms with E-state index in [2.05, 4.69) is 15.4 Å². The Morgan fingerprint density at radius 2 is 2.00 bits per heavy atom. The van der Waals surface area contributed by atoms with E-state index >= 15 is 0 Å².